The van der Waals surface area contributed by atoms with Gasteiger partial charge in [-0.05, 0) is 43.2 Å². The number of rotatable bonds is 5. The lowest BCUT2D eigenvalue weighted by atomic mass is 9.91. The summed E-state index contributed by atoms with van der Waals surface area (Å²) in [4.78, 5) is 13.3. The quantitative estimate of drug-likeness (QED) is 0.887. The minimum Gasteiger partial charge on any atom is -0.481 e. The van der Waals surface area contributed by atoms with Gasteiger partial charge in [-0.25, -0.2) is 0 Å². The molecule has 1 fully saturated rings. The van der Waals surface area contributed by atoms with Crippen LogP contribution in [-0.4, -0.2) is 23.7 Å². The van der Waals surface area contributed by atoms with Gasteiger partial charge in [-0.2, -0.15) is 0 Å². The van der Waals surface area contributed by atoms with Crippen LogP contribution in [0.3, 0.4) is 0 Å². The summed E-state index contributed by atoms with van der Waals surface area (Å²) < 4.78 is 0. The highest BCUT2D eigenvalue weighted by molar-refractivity contribution is 5.68. The number of carboxylic acids is 1. The highest BCUT2D eigenvalue weighted by Gasteiger charge is 2.34. The average molecular weight is 275 g/mol. The number of carbonyl (C=O) groups is 1. The summed E-state index contributed by atoms with van der Waals surface area (Å²) in [5.74, 6) is -0.721. The van der Waals surface area contributed by atoms with Crippen LogP contribution in [0.2, 0.25) is 0 Å². The first-order valence-corrected chi connectivity index (χ1v) is 7.43. The summed E-state index contributed by atoms with van der Waals surface area (Å²) in [5, 5.41) is 9.00. The first-order chi connectivity index (χ1) is 9.39. The maximum absolute atomic E-state index is 10.9. The van der Waals surface area contributed by atoms with Gasteiger partial charge in [0.05, 0.1) is 6.42 Å². The molecule has 0 radical (unpaired) electrons. The Labute approximate surface area is 121 Å². The highest BCUT2D eigenvalue weighted by atomic mass is 16.4. The van der Waals surface area contributed by atoms with E-state index in [9.17, 15) is 4.79 Å². The monoisotopic (exact) mass is 275 g/mol. The van der Waals surface area contributed by atoms with E-state index in [0.29, 0.717) is 18.0 Å². The molecule has 0 bridgehead atoms. The third-order valence-corrected chi connectivity index (χ3v) is 4.37. The van der Waals surface area contributed by atoms with Crippen LogP contribution in [0.4, 0.5) is 5.69 Å². The SMILES string of the molecule is Cc1ccccc1N(CCC(=O)O)C1CCC(C)(C)C1. The first kappa shape index (κ1) is 14.9. The Morgan fingerprint density at radius 3 is 2.65 bits per heavy atom. The fraction of sp³-hybridized carbons (Fsp3) is 0.588. The van der Waals surface area contributed by atoms with Crippen LogP contribution in [0, 0.1) is 12.3 Å². The molecule has 1 N–H and O–H groups in total. The Kier molecular flexibility index (Phi) is 4.36. The van der Waals surface area contributed by atoms with Crippen molar-refractivity contribution in [3.63, 3.8) is 0 Å². The van der Waals surface area contributed by atoms with Crippen LogP contribution in [0.25, 0.3) is 0 Å². The van der Waals surface area contributed by atoms with Crippen LogP contribution in [0.5, 0.6) is 0 Å². The predicted octanol–water partition coefficient (Wildman–Crippen LogP) is 3.85. The summed E-state index contributed by atoms with van der Waals surface area (Å²) in [6.07, 6.45) is 3.71. The van der Waals surface area contributed by atoms with Gasteiger partial charge in [-0.15, -0.1) is 0 Å². The first-order valence-electron chi connectivity index (χ1n) is 7.43. The molecular formula is C17H25NO2. The standard InChI is InChI=1S/C17H25NO2/c1-13-6-4-5-7-15(13)18(11-9-16(19)20)14-8-10-17(2,3)12-14/h4-7,14H,8-12H2,1-3H3,(H,19,20). The molecule has 0 saturated heterocycles. The Balaban J connectivity index is 2.21. The number of hydrogen-bond donors (Lipinski definition) is 1. The molecule has 0 aromatic heterocycles. The van der Waals surface area contributed by atoms with Crippen LogP contribution in [0.15, 0.2) is 24.3 Å². The number of carboxylic acid groups (broad SMARTS) is 1. The highest BCUT2D eigenvalue weighted by Crippen LogP contribution is 2.41. The topological polar surface area (TPSA) is 40.5 Å². The third kappa shape index (κ3) is 3.53. The van der Waals surface area contributed by atoms with Gasteiger partial charge in [0.1, 0.15) is 0 Å². The summed E-state index contributed by atoms with van der Waals surface area (Å²) >= 11 is 0. The molecule has 1 aromatic rings. The average Bonchev–Trinajstić information content (AvgIpc) is 2.72. The van der Waals surface area contributed by atoms with E-state index in [1.807, 2.05) is 12.1 Å². The fourth-order valence-corrected chi connectivity index (χ4v) is 3.27. The van der Waals surface area contributed by atoms with E-state index < -0.39 is 5.97 Å². The summed E-state index contributed by atoms with van der Waals surface area (Å²) in [7, 11) is 0. The van der Waals surface area contributed by atoms with E-state index in [0.717, 1.165) is 12.8 Å². The summed E-state index contributed by atoms with van der Waals surface area (Å²) in [6.45, 7) is 7.31. The molecule has 110 valence electrons. The van der Waals surface area contributed by atoms with Gasteiger partial charge in [-0.3, -0.25) is 4.79 Å². The van der Waals surface area contributed by atoms with Crippen LogP contribution >= 0.6 is 0 Å². The van der Waals surface area contributed by atoms with Crippen molar-refractivity contribution in [2.24, 2.45) is 5.41 Å². The Morgan fingerprint density at radius 2 is 2.10 bits per heavy atom. The van der Waals surface area contributed by atoms with Gasteiger partial charge in [0.25, 0.3) is 0 Å². The van der Waals surface area contributed by atoms with Crippen LogP contribution < -0.4 is 4.90 Å². The van der Waals surface area contributed by atoms with Gasteiger partial charge in [0.15, 0.2) is 0 Å². The fourth-order valence-electron chi connectivity index (χ4n) is 3.27. The molecule has 3 nitrogen and oxygen atoms in total. The van der Waals surface area contributed by atoms with Gasteiger partial charge in [0.2, 0.25) is 0 Å². The molecule has 20 heavy (non-hydrogen) atoms. The van der Waals surface area contributed by atoms with Gasteiger partial charge < -0.3 is 10.0 Å². The molecule has 1 saturated carbocycles. The maximum atomic E-state index is 10.9. The van der Waals surface area contributed by atoms with Crippen LogP contribution in [0.1, 0.15) is 45.1 Å². The normalized spacial score (nSPS) is 20.9. The molecule has 1 aromatic carbocycles. The molecule has 1 aliphatic rings. The molecule has 0 spiro atoms. The van der Waals surface area contributed by atoms with Crippen molar-refractivity contribution >= 4 is 11.7 Å². The largest absolute Gasteiger partial charge is 0.481 e. The second kappa shape index (κ2) is 5.86. The summed E-state index contributed by atoms with van der Waals surface area (Å²) in [6, 6.07) is 8.75. The number of para-hydroxylation sites is 1. The zero-order chi connectivity index (χ0) is 14.8. The number of nitrogens with zero attached hydrogens (tertiary/aromatic N) is 1. The van der Waals surface area contributed by atoms with E-state index in [1.165, 1.54) is 17.7 Å². The zero-order valence-corrected chi connectivity index (χ0v) is 12.7. The van der Waals surface area contributed by atoms with Crippen LogP contribution in [-0.2, 0) is 4.79 Å². The van der Waals surface area contributed by atoms with Crippen molar-refractivity contribution in [3.8, 4) is 0 Å². The molecule has 2 rings (SSSR count). The zero-order valence-electron chi connectivity index (χ0n) is 12.7. The van der Waals surface area contributed by atoms with Gasteiger partial charge in [-0.1, -0.05) is 32.0 Å². The molecule has 3 heteroatoms. The van der Waals surface area contributed by atoms with Crippen molar-refractivity contribution in [1.29, 1.82) is 0 Å². The number of anilines is 1. The van der Waals surface area contributed by atoms with Gasteiger partial charge in [0, 0.05) is 18.3 Å². The minimum atomic E-state index is -0.721. The van der Waals surface area contributed by atoms with Crippen molar-refractivity contribution in [2.45, 2.75) is 52.5 Å². The van der Waals surface area contributed by atoms with Crippen molar-refractivity contribution < 1.29 is 9.90 Å². The smallest absolute Gasteiger partial charge is 0.305 e. The molecule has 0 amide bonds. The predicted molar refractivity (Wildman–Crippen MR) is 82.2 cm³/mol. The Morgan fingerprint density at radius 1 is 1.40 bits per heavy atom. The number of hydrogen-bond acceptors (Lipinski definition) is 2. The molecule has 1 atom stereocenters. The van der Waals surface area contributed by atoms with Crippen molar-refractivity contribution in [2.75, 3.05) is 11.4 Å². The van der Waals surface area contributed by atoms with E-state index in [1.54, 1.807) is 0 Å². The molecule has 1 aliphatic carbocycles. The number of aliphatic carboxylic acids is 1. The number of benzene rings is 1. The van der Waals surface area contributed by atoms with Crippen molar-refractivity contribution in [1.82, 2.24) is 0 Å². The lowest BCUT2D eigenvalue weighted by Crippen LogP contribution is -2.36. The van der Waals surface area contributed by atoms with Crippen molar-refractivity contribution in [3.05, 3.63) is 29.8 Å². The third-order valence-electron chi connectivity index (χ3n) is 4.37. The van der Waals surface area contributed by atoms with Gasteiger partial charge >= 0.3 is 5.97 Å². The summed E-state index contributed by atoms with van der Waals surface area (Å²) in [5.41, 5.74) is 2.79. The molecule has 0 aliphatic heterocycles. The van der Waals surface area contributed by atoms with E-state index >= 15 is 0 Å². The molecule has 0 heterocycles. The van der Waals surface area contributed by atoms with E-state index in [4.69, 9.17) is 5.11 Å². The molecule has 1 unspecified atom stereocenters. The lowest BCUT2D eigenvalue weighted by molar-refractivity contribution is -0.136. The molecular weight excluding hydrogens is 250 g/mol. The minimum absolute atomic E-state index is 0.200. The lowest BCUT2D eigenvalue weighted by Gasteiger charge is -2.33. The number of aryl methyl sites for hydroxylation is 1. The van der Waals surface area contributed by atoms with E-state index in [2.05, 4.69) is 37.8 Å². The Hall–Kier alpha value is -1.51. The second-order valence-corrected chi connectivity index (χ2v) is 6.68. The Bertz CT molecular complexity index is 482. The maximum Gasteiger partial charge on any atom is 0.305 e. The second-order valence-electron chi connectivity index (χ2n) is 6.68. The van der Waals surface area contributed by atoms with E-state index in [-0.39, 0.29) is 6.42 Å².